The van der Waals surface area contributed by atoms with E-state index >= 15 is 0 Å². The zero-order chi connectivity index (χ0) is 23.0. The van der Waals surface area contributed by atoms with Gasteiger partial charge in [0.05, 0.1) is 32.3 Å². The maximum atomic E-state index is 12.9. The number of fused-ring (bicyclic) bond motifs is 1. The Balaban J connectivity index is 1.70. The molecule has 0 aliphatic carbocycles. The van der Waals surface area contributed by atoms with E-state index in [9.17, 15) is 23.3 Å². The third-order valence-electron chi connectivity index (χ3n) is 4.91. The number of nitrogens with zero attached hydrogens (tertiary/aromatic N) is 2. The van der Waals surface area contributed by atoms with Crippen LogP contribution in [0.15, 0.2) is 70.4 Å². The third kappa shape index (κ3) is 4.24. The zero-order valence-electron chi connectivity index (χ0n) is 16.6. The molecule has 0 radical (unpaired) electrons. The van der Waals surface area contributed by atoms with Crippen molar-refractivity contribution in [1.29, 1.82) is 0 Å². The lowest BCUT2D eigenvalue weighted by atomic mass is 10.2. The number of hydrogen-bond acceptors (Lipinski definition) is 6. The van der Waals surface area contributed by atoms with Gasteiger partial charge in [-0.2, -0.15) is 0 Å². The number of halogens is 1. The Hall–Kier alpha value is -3.21. The van der Waals surface area contributed by atoms with Crippen molar-refractivity contribution >= 4 is 54.6 Å². The van der Waals surface area contributed by atoms with Crippen LogP contribution in [0.1, 0.15) is 11.1 Å². The van der Waals surface area contributed by atoms with Crippen LogP contribution < -0.4 is 9.60 Å². The van der Waals surface area contributed by atoms with Crippen LogP contribution in [0.5, 0.6) is 0 Å². The lowest BCUT2D eigenvalue weighted by molar-refractivity contribution is -0.384. The van der Waals surface area contributed by atoms with E-state index in [0.717, 1.165) is 16.9 Å². The van der Waals surface area contributed by atoms with E-state index in [4.69, 9.17) is 11.6 Å². The number of nitro groups is 1. The van der Waals surface area contributed by atoms with Gasteiger partial charge in [-0.05, 0) is 42.3 Å². The molecule has 1 aromatic heterocycles. The number of nitrogens with one attached hydrogen (secondary N) is 1. The number of anilines is 1. The highest BCUT2D eigenvalue weighted by molar-refractivity contribution is 7.92. The molecule has 0 spiro atoms. The second-order valence-corrected chi connectivity index (χ2v) is 10.1. The summed E-state index contributed by atoms with van der Waals surface area (Å²) < 4.78 is 30.3. The lowest BCUT2D eigenvalue weighted by Crippen LogP contribution is -2.15. The molecule has 0 saturated heterocycles. The van der Waals surface area contributed by atoms with Crippen LogP contribution in [-0.4, -0.2) is 17.9 Å². The smallest absolute Gasteiger partial charge is 0.294 e. The number of aryl methyl sites for hydroxylation is 1. The molecule has 8 nitrogen and oxygen atoms in total. The monoisotopic (exact) mass is 489 g/mol. The number of nitro benzene ring substituents is 1. The summed E-state index contributed by atoms with van der Waals surface area (Å²) in [5.41, 5.74) is 1.79. The minimum Gasteiger partial charge on any atom is -0.294 e. The Bertz CT molecular complexity index is 1530. The Kier molecular flexibility index (Phi) is 5.76. The lowest BCUT2D eigenvalue weighted by Gasteiger charge is -2.11. The summed E-state index contributed by atoms with van der Waals surface area (Å²) in [5.74, 6) is 0. The van der Waals surface area contributed by atoms with Gasteiger partial charge < -0.3 is 0 Å². The number of aromatic nitrogens is 1. The number of hydrogen-bond donors (Lipinski definition) is 1. The van der Waals surface area contributed by atoms with Gasteiger partial charge in [0.2, 0.25) is 0 Å². The molecular weight excluding hydrogens is 474 g/mol. The molecule has 11 heteroatoms. The van der Waals surface area contributed by atoms with Crippen LogP contribution in [-0.2, 0) is 16.6 Å². The predicted octanol–water partition coefficient (Wildman–Crippen LogP) is 4.78. The number of rotatable bonds is 6. The van der Waals surface area contributed by atoms with Gasteiger partial charge in [0, 0.05) is 17.2 Å². The van der Waals surface area contributed by atoms with Crippen molar-refractivity contribution in [2.24, 2.45) is 0 Å². The summed E-state index contributed by atoms with van der Waals surface area (Å²) >= 11 is 7.14. The van der Waals surface area contributed by atoms with Crippen molar-refractivity contribution in [3.8, 4) is 0 Å². The normalized spacial score (nSPS) is 11.6. The number of sulfonamides is 1. The van der Waals surface area contributed by atoms with Crippen molar-refractivity contribution in [2.45, 2.75) is 18.4 Å². The fourth-order valence-electron chi connectivity index (χ4n) is 3.20. The summed E-state index contributed by atoms with van der Waals surface area (Å²) in [7, 11) is -4.04. The third-order valence-corrected chi connectivity index (χ3v) is 7.59. The number of thiazole rings is 1. The van der Waals surface area contributed by atoms with Crippen molar-refractivity contribution in [3.05, 3.63) is 96.6 Å². The second kappa shape index (κ2) is 8.38. The Morgan fingerprint density at radius 2 is 1.88 bits per heavy atom. The maximum absolute atomic E-state index is 12.9. The highest BCUT2D eigenvalue weighted by atomic mass is 35.5. The molecule has 3 aromatic carbocycles. The average Bonchev–Trinajstić information content (AvgIpc) is 3.05. The first-order valence-corrected chi connectivity index (χ1v) is 12.0. The molecule has 0 bridgehead atoms. The average molecular weight is 490 g/mol. The van der Waals surface area contributed by atoms with Gasteiger partial charge >= 0.3 is 4.87 Å². The molecule has 4 rings (SSSR count). The summed E-state index contributed by atoms with van der Waals surface area (Å²) in [6.45, 7) is 1.90. The number of non-ortho nitro benzene ring substituents is 1. The van der Waals surface area contributed by atoms with Crippen LogP contribution in [0.2, 0.25) is 5.02 Å². The van der Waals surface area contributed by atoms with E-state index in [1.807, 2.05) is 12.1 Å². The molecule has 0 unspecified atom stereocenters. The Morgan fingerprint density at radius 1 is 1.12 bits per heavy atom. The minimum atomic E-state index is -4.04. The van der Waals surface area contributed by atoms with E-state index in [1.165, 1.54) is 34.9 Å². The number of benzene rings is 3. The highest BCUT2D eigenvalue weighted by Gasteiger charge is 2.20. The molecule has 164 valence electrons. The van der Waals surface area contributed by atoms with Crippen LogP contribution in [0, 0.1) is 17.0 Å². The first kappa shape index (κ1) is 22.0. The minimum absolute atomic E-state index is 0.0537. The van der Waals surface area contributed by atoms with E-state index in [1.54, 1.807) is 25.1 Å². The van der Waals surface area contributed by atoms with Gasteiger partial charge in [-0.1, -0.05) is 47.2 Å². The molecule has 1 N–H and O–H groups in total. The highest BCUT2D eigenvalue weighted by Crippen LogP contribution is 2.27. The molecule has 32 heavy (non-hydrogen) atoms. The first-order chi connectivity index (χ1) is 15.2. The van der Waals surface area contributed by atoms with Crippen molar-refractivity contribution in [2.75, 3.05) is 4.72 Å². The largest absolute Gasteiger partial charge is 0.308 e. The van der Waals surface area contributed by atoms with E-state index in [-0.39, 0.29) is 27.7 Å². The standard InChI is InChI=1S/C21H16ClN3O5S2/c1-13-6-7-15(25(27)28)10-18(13)23-32(29,30)16-8-9-19-20(11-16)31-21(26)24(19)12-14-4-2-3-5-17(14)22/h2-11,23H,12H2,1H3. The van der Waals surface area contributed by atoms with Crippen molar-refractivity contribution in [3.63, 3.8) is 0 Å². The van der Waals surface area contributed by atoms with Gasteiger partial charge in [0.1, 0.15) is 0 Å². The molecule has 1 heterocycles. The fourth-order valence-corrected chi connectivity index (χ4v) is 5.55. The molecule has 0 saturated carbocycles. The Labute approximate surface area is 191 Å². The molecule has 0 aliphatic rings. The summed E-state index contributed by atoms with van der Waals surface area (Å²) in [6.07, 6.45) is 0. The molecule has 0 amide bonds. The van der Waals surface area contributed by atoms with Gasteiger partial charge in [-0.15, -0.1) is 0 Å². The van der Waals surface area contributed by atoms with Crippen molar-refractivity contribution < 1.29 is 13.3 Å². The molecular formula is C21H16ClN3O5S2. The summed E-state index contributed by atoms with van der Waals surface area (Å²) in [5, 5.41) is 11.6. The van der Waals surface area contributed by atoms with Crippen LogP contribution in [0.4, 0.5) is 11.4 Å². The quantitative estimate of drug-likeness (QED) is 0.309. The van der Waals surface area contributed by atoms with E-state index in [2.05, 4.69) is 4.72 Å². The van der Waals surface area contributed by atoms with Gasteiger partial charge in [-0.3, -0.25) is 24.2 Å². The van der Waals surface area contributed by atoms with E-state index < -0.39 is 14.9 Å². The van der Waals surface area contributed by atoms with Crippen LogP contribution in [0.25, 0.3) is 10.2 Å². The molecule has 0 atom stereocenters. The maximum Gasteiger partial charge on any atom is 0.308 e. The fraction of sp³-hybridized carbons (Fsp3) is 0.0952. The van der Waals surface area contributed by atoms with Crippen molar-refractivity contribution in [1.82, 2.24) is 4.57 Å². The predicted molar refractivity (Wildman–Crippen MR) is 125 cm³/mol. The second-order valence-electron chi connectivity index (χ2n) is 7.04. The van der Waals surface area contributed by atoms with E-state index in [0.29, 0.717) is 20.8 Å². The molecule has 0 fully saturated rings. The summed E-state index contributed by atoms with van der Waals surface area (Å²) in [4.78, 5) is 22.7. The van der Waals surface area contributed by atoms with Crippen LogP contribution >= 0.6 is 22.9 Å². The Morgan fingerprint density at radius 3 is 2.59 bits per heavy atom. The first-order valence-electron chi connectivity index (χ1n) is 9.30. The van der Waals surface area contributed by atoms with Gasteiger partial charge in [-0.25, -0.2) is 8.42 Å². The zero-order valence-corrected chi connectivity index (χ0v) is 19.0. The molecule has 0 aliphatic heterocycles. The summed E-state index contributed by atoms with van der Waals surface area (Å²) in [6, 6.07) is 15.5. The van der Waals surface area contributed by atoms with Crippen LogP contribution in [0.3, 0.4) is 0 Å². The molecule has 4 aromatic rings. The van der Waals surface area contributed by atoms with Gasteiger partial charge in [0.25, 0.3) is 15.7 Å². The topological polar surface area (TPSA) is 111 Å². The van der Waals surface area contributed by atoms with Gasteiger partial charge in [0.15, 0.2) is 0 Å². The SMILES string of the molecule is Cc1ccc([N+](=O)[O-])cc1NS(=O)(=O)c1ccc2c(c1)sc(=O)n2Cc1ccccc1Cl.